The number of carbonyl (C=O) groups is 1. The number of rotatable bonds is 3. The normalized spacial score (nSPS) is 19.2. The molecule has 1 heterocycles. The van der Waals surface area contributed by atoms with Crippen LogP contribution in [0.5, 0.6) is 0 Å². The van der Waals surface area contributed by atoms with Gasteiger partial charge in [-0.3, -0.25) is 4.79 Å². The molecule has 0 saturated heterocycles. The Bertz CT molecular complexity index is 607. The molecule has 1 saturated carbocycles. The molecule has 0 spiro atoms. The zero-order valence-electron chi connectivity index (χ0n) is 11.3. The van der Waals surface area contributed by atoms with Crippen molar-refractivity contribution in [2.45, 2.75) is 43.1 Å². The van der Waals surface area contributed by atoms with Crippen LogP contribution < -0.4 is 0 Å². The number of ketones is 1. The van der Waals surface area contributed by atoms with Gasteiger partial charge in [0.2, 0.25) is 5.89 Å². The average molecular weight is 288 g/mol. The smallest absolute Gasteiger partial charge is 0.277 e. The Morgan fingerprint density at radius 3 is 2.75 bits per heavy atom. The van der Waals surface area contributed by atoms with Crippen LogP contribution in [0.3, 0.4) is 0 Å². The van der Waals surface area contributed by atoms with Crippen LogP contribution in [0.2, 0.25) is 0 Å². The van der Waals surface area contributed by atoms with Gasteiger partial charge in [0, 0.05) is 12.0 Å². The van der Waals surface area contributed by atoms with Gasteiger partial charge in [-0.2, -0.15) is 0 Å². The molecule has 0 unspecified atom stereocenters. The lowest BCUT2D eigenvalue weighted by atomic mass is 9.99. The van der Waals surface area contributed by atoms with Gasteiger partial charge in [-0.25, -0.2) is 0 Å². The van der Waals surface area contributed by atoms with Crippen LogP contribution in [0, 0.1) is 6.92 Å². The zero-order chi connectivity index (χ0) is 13.9. The van der Waals surface area contributed by atoms with E-state index in [2.05, 4.69) is 10.2 Å². The van der Waals surface area contributed by atoms with Crippen molar-refractivity contribution in [1.82, 2.24) is 10.2 Å². The second-order valence-electron chi connectivity index (χ2n) is 5.06. The third-order valence-corrected chi connectivity index (χ3v) is 4.60. The summed E-state index contributed by atoms with van der Waals surface area (Å²) in [5.74, 6) is 0.812. The van der Waals surface area contributed by atoms with Crippen LogP contribution in [0.1, 0.15) is 31.2 Å². The van der Waals surface area contributed by atoms with Crippen LogP contribution in [0.4, 0.5) is 0 Å². The predicted molar refractivity (Wildman–Crippen MR) is 77.6 cm³/mol. The van der Waals surface area contributed by atoms with Crippen molar-refractivity contribution in [3.8, 4) is 11.5 Å². The summed E-state index contributed by atoms with van der Waals surface area (Å²) in [5.41, 5.74) is 2.10. The maximum Gasteiger partial charge on any atom is 0.277 e. The van der Waals surface area contributed by atoms with E-state index in [4.69, 9.17) is 4.42 Å². The number of thioether (sulfide) groups is 1. The molecule has 1 fully saturated rings. The molecule has 2 aromatic rings. The van der Waals surface area contributed by atoms with Crippen molar-refractivity contribution in [3.63, 3.8) is 0 Å². The lowest BCUT2D eigenvalue weighted by Crippen LogP contribution is -2.21. The first kappa shape index (κ1) is 13.4. The van der Waals surface area contributed by atoms with Gasteiger partial charge in [-0.1, -0.05) is 35.9 Å². The minimum Gasteiger partial charge on any atom is -0.411 e. The van der Waals surface area contributed by atoms with Crippen LogP contribution >= 0.6 is 11.8 Å². The van der Waals surface area contributed by atoms with E-state index in [0.29, 0.717) is 23.3 Å². The minimum absolute atomic E-state index is 0.0185. The van der Waals surface area contributed by atoms with Crippen molar-refractivity contribution in [3.05, 3.63) is 29.8 Å². The molecule has 104 valence electrons. The van der Waals surface area contributed by atoms with E-state index in [1.165, 1.54) is 17.3 Å². The highest BCUT2D eigenvalue weighted by Crippen LogP contribution is 2.32. The number of nitrogens with zero attached hydrogens (tertiary/aromatic N) is 2. The number of benzene rings is 1. The van der Waals surface area contributed by atoms with Crippen molar-refractivity contribution in [1.29, 1.82) is 0 Å². The van der Waals surface area contributed by atoms with Crippen molar-refractivity contribution in [2.75, 3.05) is 0 Å². The third-order valence-electron chi connectivity index (χ3n) is 3.45. The molecule has 0 amide bonds. The first-order chi connectivity index (χ1) is 9.72. The van der Waals surface area contributed by atoms with E-state index < -0.39 is 0 Å². The highest BCUT2D eigenvalue weighted by atomic mass is 32.2. The number of aryl methyl sites for hydroxylation is 1. The molecule has 0 N–H and O–H groups in total. The number of hydrogen-bond donors (Lipinski definition) is 0. The van der Waals surface area contributed by atoms with Gasteiger partial charge < -0.3 is 4.42 Å². The van der Waals surface area contributed by atoms with E-state index >= 15 is 0 Å². The summed E-state index contributed by atoms with van der Waals surface area (Å²) in [6, 6.07) is 7.94. The Kier molecular flexibility index (Phi) is 3.87. The van der Waals surface area contributed by atoms with Gasteiger partial charge >= 0.3 is 0 Å². The van der Waals surface area contributed by atoms with Gasteiger partial charge in [0.05, 0.1) is 5.25 Å². The van der Waals surface area contributed by atoms with E-state index in [9.17, 15) is 4.79 Å². The Morgan fingerprint density at radius 2 is 2.00 bits per heavy atom. The largest absolute Gasteiger partial charge is 0.411 e. The fourth-order valence-corrected chi connectivity index (χ4v) is 3.26. The first-order valence-electron chi connectivity index (χ1n) is 6.82. The number of hydrogen-bond acceptors (Lipinski definition) is 5. The fraction of sp³-hybridized carbons (Fsp3) is 0.400. The molecular weight excluding hydrogens is 272 g/mol. The average Bonchev–Trinajstić information content (AvgIpc) is 2.91. The van der Waals surface area contributed by atoms with Gasteiger partial charge in [0.15, 0.2) is 0 Å². The zero-order valence-corrected chi connectivity index (χ0v) is 12.2. The molecule has 1 aliphatic carbocycles. The molecule has 1 aliphatic rings. The van der Waals surface area contributed by atoms with Crippen LogP contribution in [-0.2, 0) is 4.79 Å². The fourth-order valence-electron chi connectivity index (χ4n) is 2.27. The van der Waals surface area contributed by atoms with E-state index in [-0.39, 0.29) is 5.25 Å². The maximum atomic E-state index is 11.8. The summed E-state index contributed by atoms with van der Waals surface area (Å²) in [5, 5.41) is 8.56. The molecule has 5 heteroatoms. The van der Waals surface area contributed by atoms with Crippen LogP contribution in [-0.4, -0.2) is 21.2 Å². The predicted octanol–water partition coefficient (Wildman–Crippen LogP) is 3.65. The molecule has 4 nitrogen and oxygen atoms in total. The number of Topliss-reactive ketones (excluding diaryl/α,β-unsaturated/α-hetero) is 1. The highest BCUT2D eigenvalue weighted by Gasteiger charge is 2.25. The molecule has 0 bridgehead atoms. The number of carbonyl (C=O) groups excluding carboxylic acids is 1. The minimum atomic E-state index is -0.0185. The molecule has 1 aromatic heterocycles. The summed E-state index contributed by atoms with van der Waals surface area (Å²) in [4.78, 5) is 11.8. The van der Waals surface area contributed by atoms with Crippen LogP contribution in [0.15, 0.2) is 33.9 Å². The molecule has 1 atom stereocenters. The van der Waals surface area contributed by atoms with E-state index in [1.807, 2.05) is 31.2 Å². The standard InChI is InChI=1S/C15H16N2O2S/c1-10-6-8-11(9-7-10)14-16-17-15(19-14)20-13-5-3-2-4-12(13)18/h6-9,13H,2-5H2,1H3/t13-/m0/s1. The SMILES string of the molecule is Cc1ccc(-c2nnc(S[C@H]3CCCCC3=O)o2)cc1. The first-order valence-corrected chi connectivity index (χ1v) is 7.70. The Morgan fingerprint density at radius 1 is 1.20 bits per heavy atom. The Hall–Kier alpha value is -1.62. The van der Waals surface area contributed by atoms with Crippen molar-refractivity contribution in [2.24, 2.45) is 0 Å². The summed E-state index contributed by atoms with van der Waals surface area (Å²) in [6.07, 6.45) is 3.69. The number of aromatic nitrogens is 2. The Balaban J connectivity index is 1.73. The lowest BCUT2D eigenvalue weighted by Gasteiger charge is -2.17. The molecule has 0 aliphatic heterocycles. The second kappa shape index (κ2) is 5.79. The van der Waals surface area contributed by atoms with Crippen molar-refractivity contribution < 1.29 is 9.21 Å². The van der Waals surface area contributed by atoms with E-state index in [1.54, 1.807) is 0 Å². The molecule has 0 radical (unpaired) electrons. The van der Waals surface area contributed by atoms with Crippen LogP contribution in [0.25, 0.3) is 11.5 Å². The van der Waals surface area contributed by atoms with Gasteiger partial charge in [0.25, 0.3) is 5.22 Å². The summed E-state index contributed by atoms with van der Waals surface area (Å²) < 4.78 is 5.65. The molecule has 20 heavy (non-hydrogen) atoms. The summed E-state index contributed by atoms with van der Waals surface area (Å²) in [7, 11) is 0. The van der Waals surface area contributed by atoms with Gasteiger partial charge in [0.1, 0.15) is 5.78 Å². The van der Waals surface area contributed by atoms with Gasteiger partial charge in [-0.05, 0) is 31.9 Å². The molecule has 1 aromatic carbocycles. The quantitative estimate of drug-likeness (QED) is 0.863. The van der Waals surface area contributed by atoms with Gasteiger partial charge in [-0.15, -0.1) is 10.2 Å². The molecular formula is C15H16N2O2S. The topological polar surface area (TPSA) is 56.0 Å². The Labute approximate surface area is 122 Å². The van der Waals surface area contributed by atoms with E-state index in [0.717, 1.165) is 24.8 Å². The highest BCUT2D eigenvalue weighted by molar-refractivity contribution is 8.00. The summed E-state index contributed by atoms with van der Waals surface area (Å²) in [6.45, 7) is 2.04. The lowest BCUT2D eigenvalue weighted by molar-refractivity contribution is -0.119. The third kappa shape index (κ3) is 2.93. The van der Waals surface area contributed by atoms with Crippen molar-refractivity contribution >= 4 is 17.5 Å². The monoisotopic (exact) mass is 288 g/mol. The maximum absolute atomic E-state index is 11.8. The summed E-state index contributed by atoms with van der Waals surface area (Å²) >= 11 is 1.40. The second-order valence-corrected chi connectivity index (χ2v) is 6.21. The molecule has 3 rings (SSSR count).